The van der Waals surface area contributed by atoms with Crippen LogP contribution in [0.15, 0.2) is 33.7 Å². The van der Waals surface area contributed by atoms with E-state index >= 15 is 0 Å². The van der Waals surface area contributed by atoms with Gasteiger partial charge in [-0.15, -0.1) is 0 Å². The third-order valence-electron chi connectivity index (χ3n) is 4.18. The van der Waals surface area contributed by atoms with E-state index in [-0.39, 0.29) is 0 Å². The average Bonchev–Trinajstić information content (AvgIpc) is 2.82. The number of fused-ring (bicyclic) bond motifs is 1. The summed E-state index contributed by atoms with van der Waals surface area (Å²) >= 11 is 0. The zero-order valence-corrected chi connectivity index (χ0v) is 13.3. The molecule has 1 atom stereocenters. The van der Waals surface area contributed by atoms with Crippen molar-refractivity contribution in [3.05, 3.63) is 52.7 Å². The number of guanidine groups is 1. The molecule has 0 saturated carbocycles. The van der Waals surface area contributed by atoms with Gasteiger partial charge in [0.15, 0.2) is 5.96 Å². The lowest BCUT2D eigenvalue weighted by Crippen LogP contribution is -2.40. The molecule has 1 unspecified atom stereocenters. The van der Waals surface area contributed by atoms with E-state index in [2.05, 4.69) is 44.9 Å². The quantitative estimate of drug-likeness (QED) is 0.671. The molecule has 0 radical (unpaired) electrons. The minimum atomic E-state index is 0.537. The first-order valence-corrected chi connectivity index (χ1v) is 7.62. The highest BCUT2D eigenvalue weighted by Crippen LogP contribution is 2.33. The van der Waals surface area contributed by atoms with Gasteiger partial charge in [-0.1, -0.05) is 24.3 Å². The second-order valence-electron chi connectivity index (χ2n) is 5.66. The Hall–Kier alpha value is -2.30. The number of aryl methyl sites for hydroxylation is 2. The molecule has 2 N–H and O–H groups in total. The Kier molecular flexibility index (Phi) is 4.13. The van der Waals surface area contributed by atoms with Gasteiger partial charge < -0.3 is 15.1 Å². The maximum absolute atomic E-state index is 5.56. The van der Waals surface area contributed by atoms with Crippen LogP contribution in [0.25, 0.3) is 0 Å². The summed E-state index contributed by atoms with van der Waals surface area (Å²) in [4.78, 5) is 8.60. The van der Waals surface area contributed by atoms with Crippen molar-refractivity contribution in [2.75, 3.05) is 13.6 Å². The smallest absolute Gasteiger partial charge is 0.214 e. The lowest BCUT2D eigenvalue weighted by molar-refractivity contribution is 0.463. The largest absolute Gasteiger partial charge is 0.444 e. The molecule has 0 spiro atoms. The van der Waals surface area contributed by atoms with E-state index in [1.165, 1.54) is 11.1 Å². The zero-order valence-electron chi connectivity index (χ0n) is 13.3. The number of nitrogens with zero attached hydrogens (tertiary/aromatic N) is 2. The van der Waals surface area contributed by atoms with Gasteiger partial charge in [0.25, 0.3) is 0 Å². The van der Waals surface area contributed by atoms with Crippen LogP contribution in [0.4, 0.5) is 0 Å². The molecule has 2 aromatic rings. The Morgan fingerprint density at radius 3 is 2.82 bits per heavy atom. The summed E-state index contributed by atoms with van der Waals surface area (Å²) in [5, 5.41) is 6.61. The number of oxazole rings is 1. The van der Waals surface area contributed by atoms with Crippen molar-refractivity contribution in [2.24, 2.45) is 4.99 Å². The molecule has 1 aromatic heterocycles. The molecule has 0 aliphatic heterocycles. The molecule has 1 aromatic carbocycles. The lowest BCUT2D eigenvalue weighted by Gasteiger charge is -2.30. The summed E-state index contributed by atoms with van der Waals surface area (Å²) in [7, 11) is 1.77. The standard InChI is InChI=1S/C17H22N4O/c1-11-12(2)22-16(21-11)10-20-17(18-3)19-9-14-8-13-6-4-5-7-15(13)14/h4-7,14H,8-10H2,1-3H3,(H2,18,19,20). The molecule has 1 aliphatic carbocycles. The van der Waals surface area contributed by atoms with E-state index in [1.54, 1.807) is 7.05 Å². The number of rotatable bonds is 4. The first kappa shape index (κ1) is 14.6. The monoisotopic (exact) mass is 298 g/mol. The highest BCUT2D eigenvalue weighted by atomic mass is 16.4. The topological polar surface area (TPSA) is 62.5 Å². The van der Waals surface area contributed by atoms with Crippen molar-refractivity contribution in [3.8, 4) is 0 Å². The third kappa shape index (κ3) is 2.98. The van der Waals surface area contributed by atoms with Gasteiger partial charge in [-0.25, -0.2) is 4.98 Å². The molecule has 22 heavy (non-hydrogen) atoms. The minimum Gasteiger partial charge on any atom is -0.444 e. The van der Waals surface area contributed by atoms with Crippen LogP contribution < -0.4 is 10.6 Å². The van der Waals surface area contributed by atoms with E-state index < -0.39 is 0 Å². The number of hydrogen-bond acceptors (Lipinski definition) is 3. The average molecular weight is 298 g/mol. The van der Waals surface area contributed by atoms with Gasteiger partial charge in [-0.05, 0) is 31.4 Å². The highest BCUT2D eigenvalue weighted by Gasteiger charge is 2.25. The molecular formula is C17H22N4O. The number of aromatic nitrogens is 1. The van der Waals surface area contributed by atoms with Crippen molar-refractivity contribution in [1.29, 1.82) is 0 Å². The molecule has 5 nitrogen and oxygen atoms in total. The van der Waals surface area contributed by atoms with Gasteiger partial charge in [-0.2, -0.15) is 0 Å². The van der Waals surface area contributed by atoms with Crippen LogP contribution in [0.5, 0.6) is 0 Å². The Morgan fingerprint density at radius 1 is 1.32 bits per heavy atom. The molecule has 116 valence electrons. The first-order valence-electron chi connectivity index (χ1n) is 7.62. The summed E-state index contributed by atoms with van der Waals surface area (Å²) in [6.45, 7) is 5.30. The van der Waals surface area contributed by atoms with E-state index in [0.29, 0.717) is 18.4 Å². The van der Waals surface area contributed by atoms with Gasteiger partial charge in [0.2, 0.25) is 5.89 Å². The summed E-state index contributed by atoms with van der Waals surface area (Å²) in [5.41, 5.74) is 3.85. The highest BCUT2D eigenvalue weighted by molar-refractivity contribution is 5.79. The third-order valence-corrected chi connectivity index (χ3v) is 4.18. The summed E-state index contributed by atoms with van der Waals surface area (Å²) in [6.07, 6.45) is 1.14. The molecule has 3 rings (SSSR count). The second kappa shape index (κ2) is 6.22. The van der Waals surface area contributed by atoms with Crippen LogP contribution in [0.1, 0.15) is 34.4 Å². The SMILES string of the molecule is CN=C(NCc1nc(C)c(C)o1)NCC1Cc2ccccc21. The predicted molar refractivity (Wildman–Crippen MR) is 87.1 cm³/mol. The van der Waals surface area contributed by atoms with Gasteiger partial charge in [-0.3, -0.25) is 4.99 Å². The van der Waals surface area contributed by atoms with Gasteiger partial charge in [0, 0.05) is 19.5 Å². The molecule has 0 saturated heterocycles. The van der Waals surface area contributed by atoms with E-state index in [4.69, 9.17) is 4.42 Å². The minimum absolute atomic E-state index is 0.537. The van der Waals surface area contributed by atoms with Crippen LogP contribution in [0, 0.1) is 13.8 Å². The van der Waals surface area contributed by atoms with E-state index in [1.807, 2.05) is 13.8 Å². The molecule has 0 bridgehead atoms. The second-order valence-corrected chi connectivity index (χ2v) is 5.66. The number of benzene rings is 1. The summed E-state index contributed by atoms with van der Waals surface area (Å²) in [5.74, 6) is 2.90. The Balaban J connectivity index is 1.49. The van der Waals surface area contributed by atoms with Crippen LogP contribution in [0.3, 0.4) is 0 Å². The summed E-state index contributed by atoms with van der Waals surface area (Å²) in [6, 6.07) is 8.61. The lowest BCUT2D eigenvalue weighted by atomic mass is 9.78. The van der Waals surface area contributed by atoms with Gasteiger partial charge in [0.05, 0.1) is 12.2 Å². The van der Waals surface area contributed by atoms with Gasteiger partial charge in [0.1, 0.15) is 5.76 Å². The Bertz CT molecular complexity index is 670. The van der Waals surface area contributed by atoms with E-state index in [9.17, 15) is 0 Å². The van der Waals surface area contributed by atoms with Crippen molar-refractivity contribution >= 4 is 5.96 Å². The maximum Gasteiger partial charge on any atom is 0.214 e. The normalized spacial score (nSPS) is 16.9. The Morgan fingerprint density at radius 2 is 2.14 bits per heavy atom. The summed E-state index contributed by atoms with van der Waals surface area (Å²) < 4.78 is 5.56. The molecule has 0 fully saturated rings. The Labute approximate surface area is 130 Å². The molecule has 0 amide bonds. The van der Waals surface area contributed by atoms with Crippen molar-refractivity contribution in [1.82, 2.24) is 15.6 Å². The first-order chi connectivity index (χ1) is 10.7. The molecule has 5 heteroatoms. The van der Waals surface area contributed by atoms with Crippen LogP contribution in [0.2, 0.25) is 0 Å². The fraction of sp³-hybridized carbons (Fsp3) is 0.412. The zero-order chi connectivity index (χ0) is 15.5. The number of hydrogen-bond donors (Lipinski definition) is 2. The van der Waals surface area contributed by atoms with Gasteiger partial charge >= 0.3 is 0 Å². The number of nitrogens with one attached hydrogen (secondary N) is 2. The van der Waals surface area contributed by atoms with Crippen molar-refractivity contribution in [2.45, 2.75) is 32.7 Å². The fourth-order valence-corrected chi connectivity index (χ4v) is 2.76. The van der Waals surface area contributed by atoms with Crippen molar-refractivity contribution < 1.29 is 4.42 Å². The van der Waals surface area contributed by atoms with Crippen LogP contribution in [-0.4, -0.2) is 24.5 Å². The predicted octanol–water partition coefficient (Wildman–Crippen LogP) is 2.30. The molecular weight excluding hydrogens is 276 g/mol. The molecule has 1 aliphatic rings. The number of aliphatic imine (C=N–C) groups is 1. The van der Waals surface area contributed by atoms with E-state index in [0.717, 1.165) is 30.4 Å². The maximum atomic E-state index is 5.56. The van der Waals surface area contributed by atoms with Crippen LogP contribution >= 0.6 is 0 Å². The van der Waals surface area contributed by atoms with Crippen LogP contribution in [-0.2, 0) is 13.0 Å². The molecule has 1 heterocycles. The fourth-order valence-electron chi connectivity index (χ4n) is 2.76. The van der Waals surface area contributed by atoms with Crippen molar-refractivity contribution in [3.63, 3.8) is 0 Å².